The summed E-state index contributed by atoms with van der Waals surface area (Å²) >= 11 is 0. The van der Waals surface area contributed by atoms with Gasteiger partial charge in [0.25, 0.3) is 0 Å². The number of ether oxygens (including phenoxy) is 1. The molecule has 0 fully saturated rings. The lowest BCUT2D eigenvalue weighted by molar-refractivity contribution is 0.436. The summed E-state index contributed by atoms with van der Waals surface area (Å²) in [6, 6.07) is 76.3. The maximum Gasteiger partial charge on any atom is 0.132 e. The molecule has 1 heterocycles. The van der Waals surface area contributed by atoms with Crippen LogP contribution < -0.4 is 4.74 Å². The average molecular weight is 699 g/mol. The van der Waals surface area contributed by atoms with Gasteiger partial charge >= 0.3 is 0 Å². The van der Waals surface area contributed by atoms with Gasteiger partial charge in [0.15, 0.2) is 0 Å². The number of rotatable bonds is 3. The van der Waals surface area contributed by atoms with Crippen molar-refractivity contribution in [2.45, 2.75) is 10.8 Å². The maximum absolute atomic E-state index is 6.79. The van der Waals surface area contributed by atoms with Crippen molar-refractivity contribution >= 4 is 10.8 Å². The summed E-state index contributed by atoms with van der Waals surface area (Å²) < 4.78 is 6.79. The Balaban J connectivity index is 1.13. The van der Waals surface area contributed by atoms with Gasteiger partial charge in [0, 0.05) is 11.1 Å². The SMILES string of the molecule is c1ccc(C2(c3ccc4ccccc4c3)c3ccccc3-c3ccc(-c4ccc5c(c4)C4(c6ccccc6O5)c5ccccc5-c5ccccc54)cc32)cc1. The van der Waals surface area contributed by atoms with Crippen LogP contribution in [-0.4, -0.2) is 0 Å². The number of benzene rings is 9. The van der Waals surface area contributed by atoms with Crippen LogP contribution in [-0.2, 0) is 10.8 Å². The van der Waals surface area contributed by atoms with E-state index in [2.05, 4.69) is 206 Å². The zero-order chi connectivity index (χ0) is 36.1. The molecule has 12 rings (SSSR count). The van der Waals surface area contributed by atoms with E-state index in [-0.39, 0.29) is 0 Å². The first-order valence-corrected chi connectivity index (χ1v) is 19.2. The molecule has 1 unspecified atom stereocenters. The molecule has 9 aromatic carbocycles. The van der Waals surface area contributed by atoms with Crippen LogP contribution in [0.15, 0.2) is 206 Å². The van der Waals surface area contributed by atoms with E-state index >= 15 is 0 Å². The van der Waals surface area contributed by atoms with Gasteiger partial charge in [0.2, 0.25) is 0 Å². The first-order valence-electron chi connectivity index (χ1n) is 19.2. The van der Waals surface area contributed by atoms with E-state index in [1.165, 1.54) is 88.7 Å². The molecule has 0 amide bonds. The third kappa shape index (κ3) is 3.97. The molecule has 0 radical (unpaired) electrons. The van der Waals surface area contributed by atoms with Crippen LogP contribution in [0.1, 0.15) is 44.5 Å². The lowest BCUT2D eigenvalue weighted by atomic mass is 9.65. The first kappa shape index (κ1) is 30.5. The van der Waals surface area contributed by atoms with Crippen molar-refractivity contribution in [1.82, 2.24) is 0 Å². The Morgan fingerprint density at radius 2 is 0.782 bits per heavy atom. The third-order valence-corrected chi connectivity index (χ3v) is 12.6. The van der Waals surface area contributed by atoms with Gasteiger partial charge in [-0.3, -0.25) is 0 Å². The fraction of sp³-hybridized carbons (Fsp3) is 0.0370. The Morgan fingerprint density at radius 1 is 0.273 bits per heavy atom. The molecule has 1 atom stereocenters. The highest BCUT2D eigenvalue weighted by Gasteiger charge is 2.51. The van der Waals surface area contributed by atoms with Crippen LogP contribution in [0.3, 0.4) is 0 Å². The third-order valence-electron chi connectivity index (χ3n) is 12.6. The average Bonchev–Trinajstić information content (AvgIpc) is 3.72. The Bertz CT molecular complexity index is 2980. The molecular formula is C54H34O. The van der Waals surface area contributed by atoms with Gasteiger partial charge in [-0.25, -0.2) is 0 Å². The summed E-state index contributed by atoms with van der Waals surface area (Å²) in [6.07, 6.45) is 0. The molecular weight excluding hydrogens is 665 g/mol. The number of hydrogen-bond donors (Lipinski definition) is 0. The summed E-state index contributed by atoms with van der Waals surface area (Å²) in [7, 11) is 0. The lowest BCUT2D eigenvalue weighted by Gasteiger charge is -2.39. The lowest BCUT2D eigenvalue weighted by Crippen LogP contribution is -2.32. The summed E-state index contributed by atoms with van der Waals surface area (Å²) in [4.78, 5) is 0. The van der Waals surface area contributed by atoms with Crippen LogP contribution in [0.2, 0.25) is 0 Å². The van der Waals surface area contributed by atoms with E-state index < -0.39 is 10.8 Å². The monoisotopic (exact) mass is 698 g/mol. The molecule has 3 aliphatic rings. The Kier molecular flexibility index (Phi) is 6.25. The van der Waals surface area contributed by atoms with Crippen molar-refractivity contribution < 1.29 is 4.74 Å². The van der Waals surface area contributed by atoms with Gasteiger partial charge in [0.1, 0.15) is 11.5 Å². The summed E-state index contributed by atoms with van der Waals surface area (Å²) in [5, 5.41) is 2.49. The van der Waals surface area contributed by atoms with Crippen LogP contribution >= 0.6 is 0 Å². The molecule has 0 saturated heterocycles. The normalized spacial score (nSPS) is 16.4. The van der Waals surface area contributed by atoms with Gasteiger partial charge in [-0.1, -0.05) is 176 Å². The van der Waals surface area contributed by atoms with Gasteiger partial charge in [-0.2, -0.15) is 0 Å². The molecule has 1 nitrogen and oxygen atoms in total. The fourth-order valence-electron chi connectivity index (χ4n) is 10.4. The van der Waals surface area contributed by atoms with Crippen LogP contribution in [0.4, 0.5) is 0 Å². The van der Waals surface area contributed by atoms with Crippen LogP contribution in [0.25, 0.3) is 44.2 Å². The molecule has 55 heavy (non-hydrogen) atoms. The molecule has 9 aromatic rings. The van der Waals surface area contributed by atoms with Gasteiger partial charge in [-0.05, 0) is 108 Å². The van der Waals surface area contributed by atoms with E-state index in [0.717, 1.165) is 11.5 Å². The first-order chi connectivity index (χ1) is 27.3. The molecule has 0 saturated carbocycles. The molecule has 0 bridgehead atoms. The van der Waals surface area contributed by atoms with E-state index in [0.29, 0.717) is 0 Å². The molecule has 1 spiro atoms. The Labute approximate surface area is 320 Å². The maximum atomic E-state index is 6.79. The second-order valence-electron chi connectivity index (χ2n) is 15.1. The largest absolute Gasteiger partial charge is 0.457 e. The minimum atomic E-state index is -0.515. The van der Waals surface area contributed by atoms with Crippen molar-refractivity contribution in [3.8, 4) is 44.9 Å². The summed E-state index contributed by atoms with van der Waals surface area (Å²) in [6.45, 7) is 0. The highest BCUT2D eigenvalue weighted by molar-refractivity contribution is 5.92. The van der Waals surface area contributed by atoms with Gasteiger partial charge in [-0.15, -0.1) is 0 Å². The van der Waals surface area contributed by atoms with Crippen molar-refractivity contribution in [2.75, 3.05) is 0 Å². The van der Waals surface area contributed by atoms with Crippen molar-refractivity contribution in [2.24, 2.45) is 0 Å². The minimum absolute atomic E-state index is 0.506. The van der Waals surface area contributed by atoms with E-state index in [4.69, 9.17) is 4.74 Å². The topological polar surface area (TPSA) is 9.23 Å². The second kappa shape index (κ2) is 11.3. The smallest absolute Gasteiger partial charge is 0.132 e. The molecule has 1 aliphatic heterocycles. The van der Waals surface area contributed by atoms with Crippen molar-refractivity contribution in [3.63, 3.8) is 0 Å². The van der Waals surface area contributed by atoms with E-state index in [1.54, 1.807) is 0 Å². The minimum Gasteiger partial charge on any atom is -0.457 e. The quantitative estimate of drug-likeness (QED) is 0.178. The zero-order valence-corrected chi connectivity index (χ0v) is 30.0. The molecule has 1 heteroatoms. The highest BCUT2D eigenvalue weighted by atomic mass is 16.5. The Hall–Kier alpha value is -6.96. The van der Waals surface area contributed by atoms with Crippen LogP contribution in [0, 0.1) is 0 Å². The zero-order valence-electron chi connectivity index (χ0n) is 30.0. The van der Waals surface area contributed by atoms with Gasteiger partial charge in [0.05, 0.1) is 10.8 Å². The number of hydrogen-bond acceptors (Lipinski definition) is 1. The van der Waals surface area contributed by atoms with Crippen molar-refractivity contribution in [3.05, 3.63) is 251 Å². The fourth-order valence-corrected chi connectivity index (χ4v) is 10.4. The molecule has 2 aliphatic carbocycles. The predicted octanol–water partition coefficient (Wildman–Crippen LogP) is 13.3. The van der Waals surface area contributed by atoms with E-state index in [9.17, 15) is 0 Å². The van der Waals surface area contributed by atoms with Crippen LogP contribution in [0.5, 0.6) is 11.5 Å². The Morgan fingerprint density at radius 3 is 1.49 bits per heavy atom. The van der Waals surface area contributed by atoms with Crippen molar-refractivity contribution in [1.29, 1.82) is 0 Å². The number of fused-ring (bicyclic) bond motifs is 13. The highest BCUT2D eigenvalue weighted by Crippen LogP contribution is 2.63. The predicted molar refractivity (Wildman–Crippen MR) is 224 cm³/mol. The van der Waals surface area contributed by atoms with Gasteiger partial charge < -0.3 is 4.74 Å². The second-order valence-corrected chi connectivity index (χ2v) is 15.1. The molecule has 0 aromatic heterocycles. The van der Waals surface area contributed by atoms with E-state index in [1.807, 2.05) is 0 Å². The summed E-state index contributed by atoms with van der Waals surface area (Å²) in [5.41, 5.74) is 16.6. The molecule has 0 N–H and O–H groups in total. The summed E-state index contributed by atoms with van der Waals surface area (Å²) in [5.74, 6) is 1.81. The number of para-hydroxylation sites is 1. The standard InChI is InChI=1S/C54H34O/c1-2-16-39(17-3-1)53(40-29-26-35-14-4-5-15-36(35)32-40)45-21-9-6-20-43(45)44-30-27-37(33-49(44)53)38-28-31-52-50(34-38)54(48-24-12-13-25-51(48)55-52)46-22-10-7-18-41(46)42-19-8-11-23-47(42)54/h1-34H. The molecule has 256 valence electrons.